The molecule has 0 aliphatic heterocycles. The van der Waals surface area contributed by atoms with Crippen molar-refractivity contribution in [2.24, 2.45) is 0 Å². The van der Waals surface area contributed by atoms with Gasteiger partial charge in [0, 0.05) is 4.47 Å². The van der Waals surface area contributed by atoms with Crippen LogP contribution >= 0.6 is 15.9 Å². The molecule has 0 saturated heterocycles. The summed E-state index contributed by atoms with van der Waals surface area (Å²) in [7, 11) is -2.79. The van der Waals surface area contributed by atoms with E-state index >= 15 is 0 Å². The molecule has 20 heavy (non-hydrogen) atoms. The van der Waals surface area contributed by atoms with Crippen molar-refractivity contribution in [1.82, 2.24) is 4.72 Å². The Morgan fingerprint density at radius 1 is 1.25 bits per heavy atom. The minimum Gasteiger partial charge on any atom is -0.495 e. The number of nitrogens with one attached hydrogen (secondary N) is 1. The molecular weight excluding hydrogens is 354 g/mol. The number of halogens is 1. The first-order valence-electron chi connectivity index (χ1n) is 5.54. The fraction of sp³-hybridized carbons (Fsp3) is 0.455. The maximum Gasteiger partial charge on any atom is 0.245 e. The van der Waals surface area contributed by atoms with E-state index in [2.05, 4.69) is 20.7 Å². The van der Waals surface area contributed by atoms with E-state index in [1.54, 1.807) is 6.07 Å². The molecule has 9 heteroatoms. The third-order valence-corrected chi connectivity index (χ3v) is 4.77. The molecule has 0 spiro atoms. The average Bonchev–Trinajstić information content (AvgIpc) is 2.45. The maximum atomic E-state index is 12.3. The van der Waals surface area contributed by atoms with Crippen molar-refractivity contribution in [2.75, 3.05) is 26.9 Å². The van der Waals surface area contributed by atoms with E-state index < -0.39 is 35.4 Å². The summed E-state index contributed by atoms with van der Waals surface area (Å²) in [6.45, 7) is -2.26. The van der Waals surface area contributed by atoms with Crippen molar-refractivity contribution in [3.05, 3.63) is 22.7 Å². The first-order chi connectivity index (χ1) is 9.34. The molecule has 0 aliphatic carbocycles. The largest absolute Gasteiger partial charge is 0.495 e. The van der Waals surface area contributed by atoms with Crippen molar-refractivity contribution in [1.29, 1.82) is 0 Å². The molecule has 0 aliphatic rings. The number of hydrogen-bond donors (Lipinski definition) is 4. The molecule has 0 bridgehead atoms. The lowest BCUT2D eigenvalue weighted by Crippen LogP contribution is -2.56. The quantitative estimate of drug-likeness (QED) is 0.512. The van der Waals surface area contributed by atoms with E-state index in [9.17, 15) is 23.7 Å². The summed E-state index contributed by atoms with van der Waals surface area (Å²) in [6, 6.07) is 4.38. The lowest BCUT2D eigenvalue weighted by Gasteiger charge is -2.28. The summed E-state index contributed by atoms with van der Waals surface area (Å²) in [4.78, 5) is -0.172. The summed E-state index contributed by atoms with van der Waals surface area (Å²) in [6.07, 6.45) is 0. The Hall–Kier alpha value is -0.710. The van der Waals surface area contributed by atoms with Crippen LogP contribution in [0.1, 0.15) is 0 Å². The zero-order valence-electron chi connectivity index (χ0n) is 10.7. The Labute approximate surface area is 125 Å². The van der Waals surface area contributed by atoms with Gasteiger partial charge in [0.1, 0.15) is 16.2 Å². The molecule has 0 amide bonds. The molecule has 0 fully saturated rings. The molecule has 0 aromatic heterocycles. The summed E-state index contributed by atoms with van der Waals surface area (Å²) in [5.41, 5.74) is -1.74. The molecular formula is C11H16BrNO6S. The highest BCUT2D eigenvalue weighted by Crippen LogP contribution is 2.28. The topological polar surface area (TPSA) is 116 Å². The van der Waals surface area contributed by atoms with Crippen LogP contribution in [-0.4, -0.2) is 56.2 Å². The number of hydrogen-bond acceptors (Lipinski definition) is 6. The van der Waals surface area contributed by atoms with Gasteiger partial charge in [-0.2, -0.15) is 4.72 Å². The van der Waals surface area contributed by atoms with Crippen molar-refractivity contribution < 1.29 is 28.5 Å². The third-order valence-electron chi connectivity index (χ3n) is 2.67. The highest BCUT2D eigenvalue weighted by atomic mass is 79.9. The molecule has 0 atom stereocenters. The van der Waals surface area contributed by atoms with Gasteiger partial charge in [-0.3, -0.25) is 0 Å². The summed E-state index contributed by atoms with van der Waals surface area (Å²) in [5, 5.41) is 27.5. The Kier molecular flexibility index (Phi) is 5.92. The van der Waals surface area contributed by atoms with Crippen molar-refractivity contribution in [3.8, 4) is 5.75 Å². The number of rotatable bonds is 7. The molecule has 1 aromatic rings. The maximum absolute atomic E-state index is 12.3. The third kappa shape index (κ3) is 3.68. The molecule has 4 N–H and O–H groups in total. The fourth-order valence-corrected chi connectivity index (χ4v) is 3.53. The highest BCUT2D eigenvalue weighted by molar-refractivity contribution is 9.10. The predicted octanol–water partition coefficient (Wildman–Crippen LogP) is -0.548. The zero-order valence-corrected chi connectivity index (χ0v) is 13.1. The van der Waals surface area contributed by atoms with Crippen LogP contribution in [-0.2, 0) is 10.0 Å². The number of ether oxygens (including phenoxy) is 1. The van der Waals surface area contributed by atoms with E-state index in [0.29, 0.717) is 4.47 Å². The van der Waals surface area contributed by atoms with Gasteiger partial charge in [0.25, 0.3) is 0 Å². The van der Waals surface area contributed by atoms with E-state index in [0.717, 1.165) is 0 Å². The highest BCUT2D eigenvalue weighted by Gasteiger charge is 2.35. The Bertz CT molecular complexity index is 550. The smallest absolute Gasteiger partial charge is 0.245 e. The second kappa shape index (κ2) is 6.83. The predicted molar refractivity (Wildman–Crippen MR) is 75.0 cm³/mol. The van der Waals surface area contributed by atoms with E-state index in [1.165, 1.54) is 19.2 Å². The van der Waals surface area contributed by atoms with Crippen LogP contribution in [0.4, 0.5) is 0 Å². The van der Waals surface area contributed by atoms with Gasteiger partial charge >= 0.3 is 0 Å². The molecule has 114 valence electrons. The summed E-state index contributed by atoms with van der Waals surface area (Å²) >= 11 is 3.15. The molecule has 0 unspecified atom stereocenters. The van der Waals surface area contributed by atoms with E-state index in [4.69, 9.17) is 4.74 Å². The van der Waals surface area contributed by atoms with E-state index in [-0.39, 0.29) is 10.6 Å². The van der Waals surface area contributed by atoms with Crippen LogP contribution < -0.4 is 9.46 Å². The normalized spacial score (nSPS) is 12.4. The lowest BCUT2D eigenvalue weighted by molar-refractivity contribution is 0.0581. The van der Waals surface area contributed by atoms with Gasteiger partial charge in [-0.25, -0.2) is 8.42 Å². The van der Waals surface area contributed by atoms with Crippen LogP contribution in [0.5, 0.6) is 5.75 Å². The number of aliphatic hydroxyl groups excluding tert-OH is 3. The van der Waals surface area contributed by atoms with Gasteiger partial charge in [-0.15, -0.1) is 0 Å². The first-order valence-corrected chi connectivity index (χ1v) is 7.82. The van der Waals surface area contributed by atoms with Crippen LogP contribution in [0.15, 0.2) is 27.6 Å². The Balaban J connectivity index is 3.27. The summed E-state index contributed by atoms with van der Waals surface area (Å²) in [5.74, 6) is 0.100. The number of sulfonamides is 1. The zero-order chi connectivity index (χ0) is 15.4. The SMILES string of the molecule is COc1ccc(Br)cc1S(=O)(=O)NC(CO)(CO)CO. The second-order valence-corrected chi connectivity index (χ2v) is 6.72. The van der Waals surface area contributed by atoms with Gasteiger partial charge in [0.15, 0.2) is 0 Å². The minimum atomic E-state index is -4.10. The van der Waals surface area contributed by atoms with Crippen LogP contribution in [0, 0.1) is 0 Å². The molecule has 0 heterocycles. The van der Waals surface area contributed by atoms with E-state index in [1.807, 2.05) is 0 Å². The fourth-order valence-electron chi connectivity index (χ4n) is 1.45. The Morgan fingerprint density at radius 2 is 1.80 bits per heavy atom. The van der Waals surface area contributed by atoms with Gasteiger partial charge in [0.2, 0.25) is 10.0 Å². The lowest BCUT2D eigenvalue weighted by atomic mass is 10.1. The standard InChI is InChI=1S/C11H16BrNO6S/c1-19-9-3-2-8(12)4-10(9)20(17,18)13-11(5-14,6-15)7-16/h2-4,13-16H,5-7H2,1H3. The van der Waals surface area contributed by atoms with Crippen molar-refractivity contribution >= 4 is 26.0 Å². The van der Waals surface area contributed by atoms with Crippen LogP contribution in [0.3, 0.4) is 0 Å². The van der Waals surface area contributed by atoms with Gasteiger partial charge in [0.05, 0.1) is 26.9 Å². The summed E-state index contributed by atoms with van der Waals surface area (Å²) < 4.78 is 32.2. The minimum absolute atomic E-state index is 0.100. The number of benzene rings is 1. The molecule has 0 radical (unpaired) electrons. The van der Waals surface area contributed by atoms with Crippen molar-refractivity contribution in [3.63, 3.8) is 0 Å². The van der Waals surface area contributed by atoms with Gasteiger partial charge in [-0.1, -0.05) is 15.9 Å². The second-order valence-electron chi connectivity index (χ2n) is 4.16. The van der Waals surface area contributed by atoms with Crippen LogP contribution in [0.2, 0.25) is 0 Å². The Morgan fingerprint density at radius 3 is 2.25 bits per heavy atom. The van der Waals surface area contributed by atoms with Gasteiger partial charge in [-0.05, 0) is 18.2 Å². The average molecular weight is 370 g/mol. The van der Waals surface area contributed by atoms with Crippen LogP contribution in [0.25, 0.3) is 0 Å². The molecule has 0 saturated carbocycles. The van der Waals surface area contributed by atoms with Gasteiger partial charge < -0.3 is 20.1 Å². The number of aliphatic hydroxyl groups is 3. The monoisotopic (exact) mass is 369 g/mol. The number of methoxy groups -OCH3 is 1. The first kappa shape index (κ1) is 17.3. The molecule has 1 aromatic carbocycles. The molecule has 1 rings (SSSR count). The van der Waals surface area contributed by atoms with Crippen molar-refractivity contribution in [2.45, 2.75) is 10.4 Å². The molecule has 7 nitrogen and oxygen atoms in total.